The Morgan fingerprint density at radius 3 is 1.28 bits per heavy atom. The van der Waals surface area contributed by atoms with Gasteiger partial charge in [-0.1, -0.05) is 156 Å². The molecule has 0 unspecified atom stereocenters. The molecule has 0 aliphatic heterocycles. The number of aryl methyl sites for hydroxylation is 2. The Hall–Kier alpha value is -0.790. The highest BCUT2D eigenvalue weighted by Gasteiger charge is 2.20. The summed E-state index contributed by atoms with van der Waals surface area (Å²) in [5, 5.41) is 0. The lowest BCUT2D eigenvalue weighted by Gasteiger charge is -2.08. The Kier molecular flexibility index (Phi) is 22.7. The van der Waals surface area contributed by atoms with E-state index in [4.69, 9.17) is 0 Å². The summed E-state index contributed by atoms with van der Waals surface area (Å²) in [6.07, 6.45) is 39.0. The Morgan fingerprint density at radius 2 is 0.889 bits per heavy atom. The van der Waals surface area contributed by atoms with Crippen LogP contribution in [0, 0.1) is 0 Å². The fourth-order valence-corrected chi connectivity index (χ4v) is 5.77. The zero-order chi connectivity index (χ0) is 26.1. The number of hydrogen-bond donors (Lipinski definition) is 0. The number of aromatic nitrogens is 2. The van der Waals surface area contributed by atoms with Crippen molar-refractivity contribution in [3.8, 4) is 0 Å². The van der Waals surface area contributed by atoms with Gasteiger partial charge in [0.25, 0.3) is 5.82 Å². The van der Waals surface area contributed by atoms with Gasteiger partial charge < -0.3 is 0 Å². The number of hydrogen-bond acceptors (Lipinski definition) is 0. The molecule has 0 aliphatic carbocycles. The van der Waals surface area contributed by atoms with Gasteiger partial charge in [-0.3, -0.25) is 0 Å². The van der Waals surface area contributed by atoms with Crippen molar-refractivity contribution in [3.05, 3.63) is 18.2 Å². The van der Waals surface area contributed by atoms with E-state index in [0.29, 0.717) is 5.92 Å². The molecule has 0 fully saturated rings. The summed E-state index contributed by atoms with van der Waals surface area (Å²) in [5.41, 5.74) is 0. The van der Waals surface area contributed by atoms with Gasteiger partial charge in [0, 0.05) is 0 Å². The molecule has 0 spiro atoms. The van der Waals surface area contributed by atoms with Gasteiger partial charge in [0.05, 0.1) is 19.0 Å². The molecule has 0 aliphatic rings. The second-order valence-corrected chi connectivity index (χ2v) is 12.0. The van der Waals surface area contributed by atoms with Crippen molar-refractivity contribution in [1.29, 1.82) is 0 Å². The molecule has 0 atom stereocenters. The topological polar surface area (TPSA) is 8.81 Å². The van der Waals surface area contributed by atoms with Crippen molar-refractivity contribution in [3.63, 3.8) is 0 Å². The van der Waals surface area contributed by atoms with Gasteiger partial charge in [-0.05, 0) is 25.7 Å². The van der Waals surface area contributed by atoms with E-state index in [2.05, 4.69) is 49.2 Å². The fourth-order valence-electron chi connectivity index (χ4n) is 5.77. The lowest BCUT2D eigenvalue weighted by atomic mass is 10.0. The molecule has 0 aromatic carbocycles. The lowest BCUT2D eigenvalue weighted by Crippen LogP contribution is -2.38. The van der Waals surface area contributed by atoms with E-state index in [1.165, 1.54) is 167 Å². The third-order valence-electron chi connectivity index (χ3n) is 8.04. The average Bonchev–Trinajstić information content (AvgIpc) is 3.28. The van der Waals surface area contributed by atoms with Crippen LogP contribution >= 0.6 is 0 Å². The molecule has 1 rings (SSSR count). The second kappa shape index (κ2) is 24.5. The highest BCUT2D eigenvalue weighted by molar-refractivity contribution is 4.89. The summed E-state index contributed by atoms with van der Waals surface area (Å²) in [4.78, 5) is 0. The van der Waals surface area contributed by atoms with Crippen LogP contribution in [0.25, 0.3) is 0 Å². The first-order valence-electron chi connectivity index (χ1n) is 16.8. The molecule has 2 nitrogen and oxygen atoms in total. The molecule has 212 valence electrons. The monoisotopic (exact) mass is 504 g/mol. The molecule has 36 heavy (non-hydrogen) atoms. The summed E-state index contributed by atoms with van der Waals surface area (Å²) >= 11 is 0. The Labute approximate surface area is 228 Å². The second-order valence-electron chi connectivity index (χ2n) is 12.0. The molecule has 0 saturated heterocycles. The first-order valence-corrected chi connectivity index (χ1v) is 16.8. The highest BCUT2D eigenvalue weighted by atomic mass is 15.1. The van der Waals surface area contributed by atoms with E-state index in [1.54, 1.807) is 5.82 Å². The molecular formula is C34H67N2+. The molecule has 0 radical (unpaired) electrons. The average molecular weight is 504 g/mol. The number of unbranched alkanes of at least 4 members (excludes halogenated alkanes) is 22. The van der Waals surface area contributed by atoms with Gasteiger partial charge in [-0.15, -0.1) is 0 Å². The largest absolute Gasteiger partial charge is 0.258 e. The van der Waals surface area contributed by atoms with Crippen molar-refractivity contribution in [1.82, 2.24) is 4.57 Å². The van der Waals surface area contributed by atoms with Crippen molar-refractivity contribution in [2.24, 2.45) is 0 Å². The van der Waals surface area contributed by atoms with Crippen molar-refractivity contribution in [2.45, 2.75) is 201 Å². The third kappa shape index (κ3) is 17.6. The summed E-state index contributed by atoms with van der Waals surface area (Å²) in [7, 11) is 0. The maximum atomic E-state index is 2.56. The summed E-state index contributed by atoms with van der Waals surface area (Å²) in [6, 6.07) is 0. The van der Waals surface area contributed by atoms with Crippen LogP contribution in [0.3, 0.4) is 0 Å². The summed E-state index contributed by atoms with van der Waals surface area (Å²) in [5.74, 6) is 2.15. The van der Waals surface area contributed by atoms with Crippen LogP contribution in [-0.2, 0) is 13.1 Å². The van der Waals surface area contributed by atoms with Gasteiger partial charge in [0.1, 0.15) is 12.4 Å². The quantitative estimate of drug-likeness (QED) is 0.0833. The van der Waals surface area contributed by atoms with Gasteiger partial charge in [-0.2, -0.15) is 0 Å². The van der Waals surface area contributed by atoms with Crippen LogP contribution in [0.2, 0.25) is 0 Å². The zero-order valence-corrected chi connectivity index (χ0v) is 25.5. The van der Waals surface area contributed by atoms with E-state index >= 15 is 0 Å². The maximum absolute atomic E-state index is 2.56. The van der Waals surface area contributed by atoms with Crippen LogP contribution in [-0.4, -0.2) is 4.57 Å². The zero-order valence-electron chi connectivity index (χ0n) is 25.5. The minimum atomic E-state index is 0.606. The molecule has 0 amide bonds. The Morgan fingerprint density at radius 1 is 0.528 bits per heavy atom. The molecule has 0 saturated carbocycles. The smallest absolute Gasteiger partial charge is 0.234 e. The fraction of sp³-hybridized carbons (Fsp3) is 0.912. The summed E-state index contributed by atoms with van der Waals surface area (Å²) < 4.78 is 5.11. The molecule has 1 aromatic heterocycles. The van der Waals surface area contributed by atoms with Crippen molar-refractivity contribution < 1.29 is 4.57 Å². The first-order chi connectivity index (χ1) is 17.7. The number of imidazole rings is 1. The number of nitrogens with zero attached hydrogens (tertiary/aromatic N) is 2. The Balaban J connectivity index is 2.06. The van der Waals surface area contributed by atoms with Crippen molar-refractivity contribution in [2.75, 3.05) is 0 Å². The van der Waals surface area contributed by atoms with E-state index in [1.807, 2.05) is 0 Å². The van der Waals surface area contributed by atoms with Gasteiger partial charge in [0.15, 0.2) is 0 Å². The van der Waals surface area contributed by atoms with E-state index in [9.17, 15) is 0 Å². The standard InChI is InChI=1S/C34H67N2/c1-5-7-9-11-13-15-17-18-19-20-22-24-26-28-30-36-32-31-35(34(36)33(3)4)29-27-25-23-21-16-14-12-10-8-6-2/h31-33H,5-30H2,1-4H3/q+1. The number of rotatable bonds is 27. The minimum Gasteiger partial charge on any atom is -0.234 e. The first kappa shape index (κ1) is 33.2. The summed E-state index contributed by atoms with van der Waals surface area (Å²) in [6.45, 7) is 11.8. The minimum absolute atomic E-state index is 0.606. The molecule has 1 aromatic rings. The molecule has 0 N–H and O–H groups in total. The molecular weight excluding hydrogens is 436 g/mol. The van der Waals surface area contributed by atoms with Gasteiger partial charge in [0.2, 0.25) is 0 Å². The normalized spacial score (nSPS) is 11.7. The SMILES string of the molecule is CCCCCCCCCCCCCCCC[n+]1ccn(CCCCCCCCCCCC)c1C(C)C. The van der Waals surface area contributed by atoms with Crippen LogP contribution in [0.1, 0.15) is 194 Å². The predicted octanol–water partition coefficient (Wildman–Crippen LogP) is 11.3. The highest BCUT2D eigenvalue weighted by Crippen LogP contribution is 2.16. The van der Waals surface area contributed by atoms with Crippen molar-refractivity contribution >= 4 is 0 Å². The van der Waals surface area contributed by atoms with Gasteiger partial charge in [-0.25, -0.2) is 9.13 Å². The van der Waals surface area contributed by atoms with Crippen LogP contribution < -0.4 is 4.57 Å². The third-order valence-corrected chi connectivity index (χ3v) is 8.04. The lowest BCUT2D eigenvalue weighted by molar-refractivity contribution is -0.705. The maximum Gasteiger partial charge on any atom is 0.258 e. The molecule has 2 heteroatoms. The van der Waals surface area contributed by atoms with E-state index in [0.717, 1.165) is 0 Å². The predicted molar refractivity (Wildman–Crippen MR) is 161 cm³/mol. The van der Waals surface area contributed by atoms with Gasteiger partial charge >= 0.3 is 0 Å². The van der Waals surface area contributed by atoms with Crippen LogP contribution in [0.15, 0.2) is 12.4 Å². The molecule has 1 heterocycles. The van der Waals surface area contributed by atoms with Crippen LogP contribution in [0.5, 0.6) is 0 Å². The Bertz CT molecular complexity index is 574. The van der Waals surface area contributed by atoms with E-state index < -0.39 is 0 Å². The molecule has 0 bridgehead atoms. The van der Waals surface area contributed by atoms with E-state index in [-0.39, 0.29) is 0 Å². The van der Waals surface area contributed by atoms with Crippen LogP contribution in [0.4, 0.5) is 0 Å².